The van der Waals surface area contributed by atoms with Crippen LogP contribution in [0.4, 0.5) is 0 Å². The molecule has 0 spiro atoms. The molecule has 26 heavy (non-hydrogen) atoms. The largest absolute Gasteiger partial charge is 0.354 e. The summed E-state index contributed by atoms with van der Waals surface area (Å²) in [6.07, 6.45) is 2.66. The Kier molecular flexibility index (Phi) is 6.05. The molecule has 0 bridgehead atoms. The Morgan fingerprint density at radius 1 is 1.04 bits per heavy atom. The van der Waals surface area contributed by atoms with E-state index in [1.807, 2.05) is 18.2 Å². The highest BCUT2D eigenvalue weighted by Crippen LogP contribution is 2.19. The lowest BCUT2D eigenvalue weighted by Crippen LogP contribution is -2.45. The first-order valence-corrected chi connectivity index (χ1v) is 9.30. The van der Waals surface area contributed by atoms with Crippen molar-refractivity contribution in [3.8, 4) is 0 Å². The topological polar surface area (TPSA) is 49.4 Å². The summed E-state index contributed by atoms with van der Waals surface area (Å²) in [5, 5.41) is 3.00. The van der Waals surface area contributed by atoms with Crippen molar-refractivity contribution in [2.45, 2.75) is 38.6 Å². The van der Waals surface area contributed by atoms with Crippen molar-refractivity contribution >= 4 is 11.8 Å². The molecule has 2 aromatic carbocycles. The highest BCUT2D eigenvalue weighted by molar-refractivity contribution is 5.90. The van der Waals surface area contributed by atoms with Crippen LogP contribution in [0.2, 0.25) is 0 Å². The number of aryl methyl sites for hydroxylation is 1. The molecule has 2 aromatic rings. The fourth-order valence-electron chi connectivity index (χ4n) is 3.38. The van der Waals surface area contributed by atoms with Crippen LogP contribution < -0.4 is 5.32 Å². The van der Waals surface area contributed by atoms with Gasteiger partial charge in [-0.3, -0.25) is 9.59 Å². The monoisotopic (exact) mass is 350 g/mol. The fraction of sp³-hybridized carbons (Fsp3) is 0.364. The van der Waals surface area contributed by atoms with Crippen molar-refractivity contribution in [3.63, 3.8) is 0 Å². The SMILES string of the molecule is Cc1ccc(CCNC(=O)[C@@H]2CCC(=O)N2CCc2ccccc2)cc1. The average molecular weight is 350 g/mol. The first-order valence-electron chi connectivity index (χ1n) is 9.30. The molecule has 4 heteroatoms. The van der Waals surface area contributed by atoms with Gasteiger partial charge in [-0.2, -0.15) is 0 Å². The van der Waals surface area contributed by atoms with Crippen LogP contribution in [0.25, 0.3) is 0 Å². The van der Waals surface area contributed by atoms with Crippen molar-refractivity contribution in [2.75, 3.05) is 13.1 Å². The predicted molar refractivity (Wildman–Crippen MR) is 103 cm³/mol. The number of amides is 2. The first-order chi connectivity index (χ1) is 12.6. The molecule has 1 N–H and O–H groups in total. The quantitative estimate of drug-likeness (QED) is 0.835. The maximum absolute atomic E-state index is 12.6. The molecule has 0 saturated carbocycles. The van der Waals surface area contributed by atoms with Crippen LogP contribution in [0.5, 0.6) is 0 Å². The van der Waals surface area contributed by atoms with Gasteiger partial charge in [-0.15, -0.1) is 0 Å². The van der Waals surface area contributed by atoms with Gasteiger partial charge in [-0.05, 0) is 37.3 Å². The second kappa shape index (κ2) is 8.65. The molecule has 1 saturated heterocycles. The summed E-state index contributed by atoms with van der Waals surface area (Å²) in [7, 11) is 0. The predicted octanol–water partition coefficient (Wildman–Crippen LogP) is 2.89. The molecule has 1 aliphatic heterocycles. The summed E-state index contributed by atoms with van der Waals surface area (Å²) in [5.41, 5.74) is 3.63. The Hall–Kier alpha value is -2.62. The highest BCUT2D eigenvalue weighted by atomic mass is 16.2. The Morgan fingerprint density at radius 3 is 2.46 bits per heavy atom. The van der Waals surface area contributed by atoms with Crippen LogP contribution in [0.1, 0.15) is 29.5 Å². The van der Waals surface area contributed by atoms with Gasteiger partial charge in [-0.25, -0.2) is 0 Å². The maximum atomic E-state index is 12.6. The number of hydrogen-bond donors (Lipinski definition) is 1. The van der Waals surface area contributed by atoms with Gasteiger partial charge in [0.15, 0.2) is 0 Å². The van der Waals surface area contributed by atoms with Gasteiger partial charge in [0, 0.05) is 19.5 Å². The smallest absolute Gasteiger partial charge is 0.242 e. The minimum Gasteiger partial charge on any atom is -0.354 e. The molecule has 136 valence electrons. The van der Waals surface area contributed by atoms with Gasteiger partial charge in [0.25, 0.3) is 0 Å². The molecular weight excluding hydrogens is 324 g/mol. The Balaban J connectivity index is 1.50. The molecule has 2 amide bonds. The Bertz CT molecular complexity index is 740. The third-order valence-corrected chi connectivity index (χ3v) is 4.95. The highest BCUT2D eigenvalue weighted by Gasteiger charge is 2.35. The minimum atomic E-state index is -0.329. The number of hydrogen-bond acceptors (Lipinski definition) is 2. The summed E-state index contributed by atoms with van der Waals surface area (Å²) >= 11 is 0. The number of rotatable bonds is 7. The van der Waals surface area contributed by atoms with E-state index >= 15 is 0 Å². The lowest BCUT2D eigenvalue weighted by Gasteiger charge is -2.24. The second-order valence-electron chi connectivity index (χ2n) is 6.90. The van der Waals surface area contributed by atoms with Crippen LogP contribution in [-0.2, 0) is 22.4 Å². The van der Waals surface area contributed by atoms with Crippen LogP contribution in [0.3, 0.4) is 0 Å². The standard InChI is InChI=1S/C22H26N2O2/c1-17-7-9-19(10-8-17)13-15-23-22(26)20-11-12-21(25)24(20)16-14-18-5-3-2-4-6-18/h2-10,20H,11-16H2,1H3,(H,23,26)/t20-/m0/s1. The number of carbonyl (C=O) groups excluding carboxylic acids is 2. The van der Waals surface area contributed by atoms with E-state index in [1.165, 1.54) is 16.7 Å². The Morgan fingerprint density at radius 2 is 1.73 bits per heavy atom. The van der Waals surface area contributed by atoms with Crippen molar-refractivity contribution in [1.29, 1.82) is 0 Å². The van der Waals surface area contributed by atoms with E-state index in [9.17, 15) is 9.59 Å². The van der Waals surface area contributed by atoms with Gasteiger partial charge in [0.2, 0.25) is 11.8 Å². The molecule has 3 rings (SSSR count). The van der Waals surface area contributed by atoms with Crippen LogP contribution in [-0.4, -0.2) is 35.8 Å². The summed E-state index contributed by atoms with van der Waals surface area (Å²) in [6, 6.07) is 18.1. The zero-order valence-corrected chi connectivity index (χ0v) is 15.3. The molecule has 1 aliphatic rings. The molecule has 4 nitrogen and oxygen atoms in total. The number of likely N-dealkylation sites (tertiary alicyclic amines) is 1. The van der Waals surface area contributed by atoms with Crippen LogP contribution in [0.15, 0.2) is 54.6 Å². The van der Waals surface area contributed by atoms with E-state index < -0.39 is 0 Å². The van der Waals surface area contributed by atoms with Crippen LogP contribution >= 0.6 is 0 Å². The third-order valence-electron chi connectivity index (χ3n) is 4.95. The molecule has 1 atom stereocenters. The normalized spacial score (nSPS) is 16.7. The first kappa shape index (κ1) is 18.2. The summed E-state index contributed by atoms with van der Waals surface area (Å²) in [6.45, 7) is 3.25. The molecule has 0 aromatic heterocycles. The lowest BCUT2D eigenvalue weighted by atomic mass is 10.1. The van der Waals surface area contributed by atoms with Gasteiger partial charge in [0.1, 0.15) is 6.04 Å². The summed E-state index contributed by atoms with van der Waals surface area (Å²) in [5.74, 6) is 0.0515. The van der Waals surface area contributed by atoms with Crippen molar-refractivity contribution in [2.24, 2.45) is 0 Å². The summed E-state index contributed by atoms with van der Waals surface area (Å²) < 4.78 is 0. The number of carbonyl (C=O) groups is 2. The van der Waals surface area contributed by atoms with Crippen LogP contribution in [0, 0.1) is 6.92 Å². The Labute approximate surface area is 155 Å². The second-order valence-corrected chi connectivity index (χ2v) is 6.90. The zero-order valence-electron chi connectivity index (χ0n) is 15.3. The molecular formula is C22H26N2O2. The van der Waals surface area contributed by atoms with Gasteiger partial charge in [-0.1, -0.05) is 60.2 Å². The third kappa shape index (κ3) is 4.72. The van der Waals surface area contributed by atoms with E-state index in [1.54, 1.807) is 4.90 Å². The van der Waals surface area contributed by atoms with Gasteiger partial charge in [0.05, 0.1) is 0 Å². The van der Waals surface area contributed by atoms with E-state index in [4.69, 9.17) is 0 Å². The van der Waals surface area contributed by atoms with E-state index in [0.717, 1.165) is 12.8 Å². The molecule has 0 aliphatic carbocycles. The fourth-order valence-corrected chi connectivity index (χ4v) is 3.38. The number of nitrogens with zero attached hydrogens (tertiary/aromatic N) is 1. The van der Waals surface area contributed by atoms with Gasteiger partial charge >= 0.3 is 0 Å². The van der Waals surface area contributed by atoms with E-state index in [0.29, 0.717) is 25.9 Å². The van der Waals surface area contributed by atoms with E-state index in [2.05, 4.69) is 48.6 Å². The molecule has 0 radical (unpaired) electrons. The summed E-state index contributed by atoms with van der Waals surface area (Å²) in [4.78, 5) is 26.5. The van der Waals surface area contributed by atoms with Crippen molar-refractivity contribution in [1.82, 2.24) is 10.2 Å². The lowest BCUT2D eigenvalue weighted by molar-refractivity contribution is -0.135. The number of nitrogens with one attached hydrogen (secondary N) is 1. The van der Waals surface area contributed by atoms with Gasteiger partial charge < -0.3 is 10.2 Å². The zero-order chi connectivity index (χ0) is 18.4. The molecule has 1 heterocycles. The molecule has 0 unspecified atom stereocenters. The maximum Gasteiger partial charge on any atom is 0.242 e. The van der Waals surface area contributed by atoms with Crippen molar-refractivity contribution < 1.29 is 9.59 Å². The average Bonchev–Trinajstić information content (AvgIpc) is 3.03. The molecule has 1 fully saturated rings. The van der Waals surface area contributed by atoms with E-state index in [-0.39, 0.29) is 17.9 Å². The minimum absolute atomic E-state index is 0.0315. The number of benzene rings is 2. The van der Waals surface area contributed by atoms with Crippen molar-refractivity contribution in [3.05, 3.63) is 71.3 Å².